The van der Waals surface area contributed by atoms with Crippen molar-refractivity contribution in [3.05, 3.63) is 35.1 Å². The number of aliphatic hydroxyl groups is 1. The average molecular weight is 280 g/mol. The van der Waals surface area contributed by atoms with Crippen molar-refractivity contribution in [2.75, 3.05) is 6.54 Å². The lowest BCUT2D eigenvalue weighted by atomic mass is 10.0. The molecule has 1 saturated carbocycles. The third kappa shape index (κ3) is 3.93. The van der Waals surface area contributed by atoms with Gasteiger partial charge in [0, 0.05) is 13.1 Å². The zero-order valence-electron chi connectivity index (χ0n) is 11.7. The number of hydrogen-bond acceptors (Lipinski definition) is 2. The Hall–Kier alpha value is -1.62. The summed E-state index contributed by atoms with van der Waals surface area (Å²) in [6, 6.07) is 4.44. The lowest BCUT2D eigenvalue weighted by molar-refractivity contribution is 0.0501. The lowest BCUT2D eigenvalue weighted by Gasteiger charge is -2.22. The fraction of sp³-hybridized carbons (Fsp3) is 0.533. The van der Waals surface area contributed by atoms with E-state index in [4.69, 9.17) is 0 Å². The molecule has 0 atom stereocenters. The number of nitrogens with one attached hydrogen (secondary N) is 2. The molecule has 0 aliphatic heterocycles. The number of amides is 2. The van der Waals surface area contributed by atoms with E-state index in [0.717, 1.165) is 31.2 Å². The number of halogens is 1. The molecule has 110 valence electrons. The predicted molar refractivity (Wildman–Crippen MR) is 74.8 cm³/mol. The Kier molecular flexibility index (Phi) is 4.60. The van der Waals surface area contributed by atoms with Crippen LogP contribution in [0.15, 0.2) is 18.2 Å². The van der Waals surface area contributed by atoms with Gasteiger partial charge in [-0.15, -0.1) is 0 Å². The maximum Gasteiger partial charge on any atom is 0.315 e. The highest BCUT2D eigenvalue weighted by atomic mass is 19.1. The van der Waals surface area contributed by atoms with Gasteiger partial charge in [0.1, 0.15) is 5.82 Å². The highest BCUT2D eigenvalue weighted by Crippen LogP contribution is 2.28. The van der Waals surface area contributed by atoms with Gasteiger partial charge in [-0.25, -0.2) is 9.18 Å². The van der Waals surface area contributed by atoms with Gasteiger partial charge in [0.2, 0.25) is 0 Å². The van der Waals surface area contributed by atoms with Gasteiger partial charge >= 0.3 is 6.03 Å². The van der Waals surface area contributed by atoms with Gasteiger partial charge in [0.25, 0.3) is 0 Å². The Morgan fingerprint density at radius 2 is 2.05 bits per heavy atom. The number of hydrogen-bond donors (Lipinski definition) is 3. The van der Waals surface area contributed by atoms with E-state index in [-0.39, 0.29) is 18.4 Å². The minimum Gasteiger partial charge on any atom is -0.388 e. The van der Waals surface area contributed by atoms with E-state index < -0.39 is 5.60 Å². The smallest absolute Gasteiger partial charge is 0.315 e. The van der Waals surface area contributed by atoms with Crippen molar-refractivity contribution in [2.24, 2.45) is 0 Å². The molecule has 1 fully saturated rings. The van der Waals surface area contributed by atoms with Crippen LogP contribution >= 0.6 is 0 Å². The molecule has 3 N–H and O–H groups in total. The SMILES string of the molecule is Cc1cc(CNC(=O)NCC2(O)CCCC2)ccc1F. The van der Waals surface area contributed by atoms with E-state index in [9.17, 15) is 14.3 Å². The minimum atomic E-state index is -0.746. The summed E-state index contributed by atoms with van der Waals surface area (Å²) in [5, 5.41) is 15.5. The summed E-state index contributed by atoms with van der Waals surface area (Å²) in [7, 11) is 0. The molecule has 0 spiro atoms. The minimum absolute atomic E-state index is 0.248. The summed E-state index contributed by atoms with van der Waals surface area (Å²) in [6.45, 7) is 2.31. The Morgan fingerprint density at radius 1 is 1.35 bits per heavy atom. The molecule has 5 heteroatoms. The van der Waals surface area contributed by atoms with Gasteiger partial charge in [0.05, 0.1) is 5.60 Å². The molecular formula is C15H21FN2O2. The van der Waals surface area contributed by atoms with E-state index in [0.29, 0.717) is 12.1 Å². The Morgan fingerprint density at radius 3 is 2.70 bits per heavy atom. The van der Waals surface area contributed by atoms with Crippen molar-refractivity contribution in [1.29, 1.82) is 0 Å². The van der Waals surface area contributed by atoms with Crippen LogP contribution in [0.4, 0.5) is 9.18 Å². The molecule has 0 unspecified atom stereocenters. The zero-order chi connectivity index (χ0) is 14.6. The molecule has 1 aromatic rings. The molecule has 1 aliphatic carbocycles. The highest BCUT2D eigenvalue weighted by Gasteiger charge is 2.31. The van der Waals surface area contributed by atoms with Crippen LogP contribution in [0.25, 0.3) is 0 Å². The molecule has 20 heavy (non-hydrogen) atoms. The summed E-state index contributed by atoms with van der Waals surface area (Å²) in [6.07, 6.45) is 3.50. The van der Waals surface area contributed by atoms with Crippen molar-refractivity contribution < 1.29 is 14.3 Å². The number of carbonyl (C=O) groups is 1. The Bertz CT molecular complexity index is 485. The van der Waals surface area contributed by atoms with Crippen LogP contribution in [0.1, 0.15) is 36.8 Å². The highest BCUT2D eigenvalue weighted by molar-refractivity contribution is 5.73. The zero-order valence-corrected chi connectivity index (χ0v) is 11.7. The summed E-state index contributed by atoms with van der Waals surface area (Å²) in [5.74, 6) is -0.248. The van der Waals surface area contributed by atoms with Crippen molar-refractivity contribution in [1.82, 2.24) is 10.6 Å². The maximum absolute atomic E-state index is 13.1. The molecule has 0 bridgehead atoms. The molecular weight excluding hydrogens is 259 g/mol. The number of carbonyl (C=O) groups excluding carboxylic acids is 1. The summed E-state index contributed by atoms with van der Waals surface area (Å²) < 4.78 is 13.1. The molecule has 0 heterocycles. The number of aryl methyl sites for hydroxylation is 1. The normalized spacial score (nSPS) is 16.9. The van der Waals surface area contributed by atoms with E-state index in [2.05, 4.69) is 10.6 Å². The number of rotatable bonds is 4. The second-order valence-electron chi connectivity index (χ2n) is 5.55. The van der Waals surface area contributed by atoms with Crippen LogP contribution in [0.5, 0.6) is 0 Å². The topological polar surface area (TPSA) is 61.4 Å². The first kappa shape index (κ1) is 14.8. The summed E-state index contributed by atoms with van der Waals surface area (Å²) in [4.78, 5) is 11.7. The molecule has 4 nitrogen and oxygen atoms in total. The van der Waals surface area contributed by atoms with Crippen molar-refractivity contribution in [3.63, 3.8) is 0 Å². The van der Waals surface area contributed by atoms with Gasteiger partial charge in [0.15, 0.2) is 0 Å². The molecule has 0 radical (unpaired) electrons. The molecule has 0 aromatic heterocycles. The third-order valence-electron chi connectivity index (χ3n) is 3.79. The van der Waals surface area contributed by atoms with Gasteiger partial charge in [-0.3, -0.25) is 0 Å². The molecule has 0 saturated heterocycles. The van der Waals surface area contributed by atoms with Gasteiger partial charge in [-0.2, -0.15) is 0 Å². The third-order valence-corrected chi connectivity index (χ3v) is 3.79. The second kappa shape index (κ2) is 6.22. The van der Waals surface area contributed by atoms with Crippen LogP contribution in [0.3, 0.4) is 0 Å². The monoisotopic (exact) mass is 280 g/mol. The first-order chi connectivity index (χ1) is 9.48. The van der Waals surface area contributed by atoms with Crippen LogP contribution in [0, 0.1) is 12.7 Å². The van der Waals surface area contributed by atoms with Crippen molar-refractivity contribution in [2.45, 2.75) is 44.8 Å². The van der Waals surface area contributed by atoms with Crippen molar-refractivity contribution in [3.8, 4) is 0 Å². The van der Waals surface area contributed by atoms with Gasteiger partial charge in [-0.05, 0) is 37.0 Å². The molecule has 2 amide bonds. The van der Waals surface area contributed by atoms with E-state index in [1.807, 2.05) is 0 Å². The number of urea groups is 1. The van der Waals surface area contributed by atoms with E-state index in [1.165, 1.54) is 6.07 Å². The Balaban J connectivity index is 1.76. The van der Waals surface area contributed by atoms with Crippen LogP contribution in [0.2, 0.25) is 0 Å². The standard InChI is InChI=1S/C15H21FN2O2/c1-11-8-12(4-5-13(11)16)9-17-14(19)18-10-15(20)6-2-3-7-15/h4-5,8,20H,2-3,6-7,9-10H2,1H3,(H2,17,18,19). The first-order valence-electron chi connectivity index (χ1n) is 6.98. The summed E-state index contributed by atoms with van der Waals surface area (Å²) in [5.41, 5.74) is 0.660. The van der Waals surface area contributed by atoms with Gasteiger partial charge in [-0.1, -0.05) is 25.0 Å². The fourth-order valence-corrected chi connectivity index (χ4v) is 2.52. The quantitative estimate of drug-likeness (QED) is 0.792. The van der Waals surface area contributed by atoms with Crippen LogP contribution < -0.4 is 10.6 Å². The second-order valence-corrected chi connectivity index (χ2v) is 5.55. The van der Waals surface area contributed by atoms with Crippen LogP contribution in [-0.2, 0) is 6.54 Å². The average Bonchev–Trinajstić information content (AvgIpc) is 2.85. The Labute approximate surface area is 118 Å². The molecule has 2 rings (SSSR count). The first-order valence-corrected chi connectivity index (χ1v) is 6.98. The van der Waals surface area contributed by atoms with E-state index in [1.54, 1.807) is 19.1 Å². The summed E-state index contributed by atoms with van der Waals surface area (Å²) >= 11 is 0. The maximum atomic E-state index is 13.1. The largest absolute Gasteiger partial charge is 0.388 e. The van der Waals surface area contributed by atoms with E-state index >= 15 is 0 Å². The number of benzene rings is 1. The van der Waals surface area contributed by atoms with Crippen LogP contribution in [-0.4, -0.2) is 23.3 Å². The van der Waals surface area contributed by atoms with Gasteiger partial charge < -0.3 is 15.7 Å². The molecule has 1 aliphatic rings. The van der Waals surface area contributed by atoms with Crippen molar-refractivity contribution >= 4 is 6.03 Å². The molecule has 1 aromatic carbocycles. The predicted octanol–water partition coefficient (Wildman–Crippen LogP) is 2.24. The lowest BCUT2D eigenvalue weighted by Crippen LogP contribution is -2.44. The fourth-order valence-electron chi connectivity index (χ4n) is 2.52.